The van der Waals surface area contributed by atoms with Gasteiger partial charge in [0.1, 0.15) is 0 Å². The summed E-state index contributed by atoms with van der Waals surface area (Å²) in [6, 6.07) is 0. The molecule has 1 heteroatoms. The summed E-state index contributed by atoms with van der Waals surface area (Å²) in [5, 5.41) is 0. The van der Waals surface area contributed by atoms with E-state index in [9.17, 15) is 0 Å². The summed E-state index contributed by atoms with van der Waals surface area (Å²) in [6.07, 6.45) is 21.2. The molecule has 2 rings (SSSR count). The van der Waals surface area contributed by atoms with Crippen LogP contribution in [0.4, 0.5) is 0 Å². The van der Waals surface area contributed by atoms with Gasteiger partial charge in [-0.2, -0.15) is 23.3 Å². The first-order valence-corrected chi connectivity index (χ1v) is 6.50. The molecule has 0 radical (unpaired) electrons. The molecule has 0 heterocycles. The minimum Gasteiger partial charge on any atom is -0.269 e. The quantitative estimate of drug-likeness (QED) is 0.604. The van der Waals surface area contributed by atoms with Gasteiger partial charge in [0.2, 0.25) is 0 Å². The van der Waals surface area contributed by atoms with Crippen molar-refractivity contribution in [2.24, 2.45) is 0 Å². The van der Waals surface area contributed by atoms with Gasteiger partial charge in [-0.05, 0) is 13.8 Å². The first-order valence-electron chi connectivity index (χ1n) is 6.50. The number of hydrogen-bond acceptors (Lipinski definition) is 0. The second-order valence-electron chi connectivity index (χ2n) is 4.33. The van der Waals surface area contributed by atoms with Crippen LogP contribution in [0.15, 0.2) is 58.7 Å². The molecule has 0 spiro atoms. The van der Waals surface area contributed by atoms with Crippen LogP contribution in [0.5, 0.6) is 0 Å². The smallest absolute Gasteiger partial charge is 0.269 e. The van der Waals surface area contributed by atoms with Crippen molar-refractivity contribution in [3.8, 4) is 0 Å². The van der Waals surface area contributed by atoms with Crippen molar-refractivity contribution >= 4 is 0 Å². The second-order valence-corrected chi connectivity index (χ2v) is 4.33. The molecule has 19 heavy (non-hydrogen) atoms. The molecule has 0 aromatic rings. The molecule has 0 bridgehead atoms. The van der Waals surface area contributed by atoms with Gasteiger partial charge in [0, 0.05) is 0 Å². The second kappa shape index (κ2) is 10.2. The predicted molar refractivity (Wildman–Crippen MR) is 79.9 cm³/mol. The first kappa shape index (κ1) is 18.3. The third kappa shape index (κ3) is 6.34. The summed E-state index contributed by atoms with van der Waals surface area (Å²) in [4.78, 5) is 0. The summed E-state index contributed by atoms with van der Waals surface area (Å²) in [7, 11) is 0. The molecule has 0 aliphatic heterocycles. The van der Waals surface area contributed by atoms with Gasteiger partial charge in [-0.25, -0.2) is 11.1 Å². The molecule has 2 aliphatic carbocycles. The Balaban J connectivity index is 0.000000324. The molecule has 0 saturated heterocycles. The fourth-order valence-electron chi connectivity index (χ4n) is 1.88. The number of allylic oxidation sites excluding steroid dienone is 12. The Hall–Kier alpha value is -0.677. The number of hydrogen-bond donors (Lipinski definition) is 0. The predicted octanol–water partition coefficient (Wildman–Crippen LogP) is 5.28. The third-order valence-corrected chi connectivity index (χ3v) is 2.94. The Morgan fingerprint density at radius 3 is 1.42 bits per heavy atom. The fraction of sp³-hybridized carbons (Fsp3) is 0.333. The molecule has 0 unspecified atom stereocenters. The zero-order valence-electron chi connectivity index (χ0n) is 12.4. The minimum absolute atomic E-state index is 0. The Morgan fingerprint density at radius 1 is 0.842 bits per heavy atom. The monoisotopic (exact) mass is 328 g/mol. The van der Waals surface area contributed by atoms with Crippen LogP contribution in [0.1, 0.15) is 40.5 Å². The summed E-state index contributed by atoms with van der Waals surface area (Å²) in [5.74, 6) is 0. The average Bonchev–Trinajstić information content (AvgIpc) is 2.92. The zero-order valence-corrected chi connectivity index (χ0v) is 14.8. The van der Waals surface area contributed by atoms with E-state index in [1.165, 1.54) is 22.3 Å². The van der Waals surface area contributed by atoms with Gasteiger partial charge in [0.15, 0.2) is 0 Å². The molecule has 2 aliphatic rings. The molecule has 0 aromatic heterocycles. The van der Waals surface area contributed by atoms with E-state index in [1.54, 1.807) is 0 Å². The van der Waals surface area contributed by atoms with Gasteiger partial charge >= 0.3 is 26.2 Å². The van der Waals surface area contributed by atoms with Crippen LogP contribution in [0.2, 0.25) is 0 Å². The van der Waals surface area contributed by atoms with Crippen molar-refractivity contribution in [2.45, 2.75) is 40.5 Å². The zero-order chi connectivity index (χ0) is 13.4. The van der Waals surface area contributed by atoms with Gasteiger partial charge < -0.3 is 0 Å². The summed E-state index contributed by atoms with van der Waals surface area (Å²) in [6.45, 7) is 8.26. The standard InChI is InChI=1S/2C9H11.Zr/c2*1-3-5-9-7-4-6-8(9)2;/h2*3,5,7H,4H2,1-2H3;/q2*-1;+2. The van der Waals surface area contributed by atoms with Gasteiger partial charge in [0.05, 0.1) is 0 Å². The van der Waals surface area contributed by atoms with E-state index in [-0.39, 0.29) is 26.2 Å². The normalized spacial score (nSPS) is 17.5. The molecular formula is C18H22Zr. The summed E-state index contributed by atoms with van der Waals surface area (Å²) < 4.78 is 0. The van der Waals surface area contributed by atoms with Crippen LogP contribution in [-0.4, -0.2) is 0 Å². The first-order chi connectivity index (χ1) is 8.69. The number of rotatable bonds is 2. The summed E-state index contributed by atoms with van der Waals surface area (Å²) >= 11 is 0. The van der Waals surface area contributed by atoms with Gasteiger partial charge in [-0.15, -0.1) is 37.1 Å². The minimum atomic E-state index is 0. The van der Waals surface area contributed by atoms with E-state index in [0.717, 1.165) is 12.8 Å². The molecular weight excluding hydrogens is 307 g/mol. The van der Waals surface area contributed by atoms with E-state index >= 15 is 0 Å². The van der Waals surface area contributed by atoms with Gasteiger partial charge in [-0.1, -0.05) is 13.8 Å². The Kier molecular flexibility index (Phi) is 9.79. The molecule has 0 saturated carbocycles. The summed E-state index contributed by atoms with van der Waals surface area (Å²) in [5.41, 5.74) is 5.23. The maximum atomic E-state index is 3.23. The van der Waals surface area contributed by atoms with Crippen LogP contribution < -0.4 is 0 Å². The fourth-order valence-corrected chi connectivity index (χ4v) is 1.88. The van der Waals surface area contributed by atoms with Crippen molar-refractivity contribution in [3.05, 3.63) is 70.9 Å². The third-order valence-electron chi connectivity index (χ3n) is 2.94. The van der Waals surface area contributed by atoms with Crippen LogP contribution in [0.25, 0.3) is 0 Å². The van der Waals surface area contributed by atoms with Gasteiger partial charge in [0.25, 0.3) is 0 Å². The van der Waals surface area contributed by atoms with Gasteiger partial charge in [-0.3, -0.25) is 12.2 Å². The maximum Gasteiger partial charge on any atom is 2.00 e. The maximum absolute atomic E-state index is 3.23. The van der Waals surface area contributed by atoms with E-state index in [4.69, 9.17) is 0 Å². The van der Waals surface area contributed by atoms with E-state index < -0.39 is 0 Å². The topological polar surface area (TPSA) is 0 Å². The molecule has 0 fully saturated rings. The van der Waals surface area contributed by atoms with Crippen molar-refractivity contribution in [1.29, 1.82) is 0 Å². The molecule has 0 amide bonds. The van der Waals surface area contributed by atoms with Crippen molar-refractivity contribution in [2.75, 3.05) is 0 Å². The molecule has 98 valence electrons. The van der Waals surface area contributed by atoms with Crippen molar-refractivity contribution in [1.82, 2.24) is 0 Å². The largest absolute Gasteiger partial charge is 2.00 e. The Morgan fingerprint density at radius 2 is 1.21 bits per heavy atom. The Bertz CT molecular complexity index is 410. The van der Waals surface area contributed by atoms with Crippen LogP contribution in [0, 0.1) is 12.2 Å². The van der Waals surface area contributed by atoms with E-state index in [2.05, 4.69) is 62.5 Å². The van der Waals surface area contributed by atoms with E-state index in [1.807, 2.05) is 13.8 Å². The molecule has 0 atom stereocenters. The molecule has 0 aromatic carbocycles. The van der Waals surface area contributed by atoms with E-state index in [0.29, 0.717) is 0 Å². The Labute approximate surface area is 137 Å². The van der Waals surface area contributed by atoms with Crippen molar-refractivity contribution in [3.63, 3.8) is 0 Å². The molecule has 0 N–H and O–H groups in total. The molecule has 0 nitrogen and oxygen atoms in total. The van der Waals surface area contributed by atoms with Crippen LogP contribution in [-0.2, 0) is 26.2 Å². The van der Waals surface area contributed by atoms with Crippen molar-refractivity contribution < 1.29 is 26.2 Å². The van der Waals surface area contributed by atoms with Crippen LogP contribution >= 0.6 is 0 Å². The SMILES string of the molecule is CC=CC1=CC[C-]=C1C.CC=CC1=CC[C-]=C1C.[Zr+2]. The van der Waals surface area contributed by atoms with Crippen LogP contribution in [0.3, 0.4) is 0 Å². The average molecular weight is 330 g/mol.